The number of nitrogens with zero attached hydrogens (tertiary/aromatic N) is 3. The summed E-state index contributed by atoms with van der Waals surface area (Å²) in [7, 11) is 0. The lowest BCUT2D eigenvalue weighted by molar-refractivity contribution is -0.121. The van der Waals surface area contributed by atoms with Gasteiger partial charge >= 0.3 is 0 Å². The first kappa shape index (κ1) is 14.2. The maximum Gasteiger partial charge on any atom is 0.274 e. The van der Waals surface area contributed by atoms with Gasteiger partial charge in [-0.2, -0.15) is 5.10 Å². The van der Waals surface area contributed by atoms with Crippen molar-refractivity contribution in [3.63, 3.8) is 0 Å². The average Bonchev–Trinajstić information content (AvgIpc) is 2.86. The number of hydrogen-bond donors (Lipinski definition) is 2. The van der Waals surface area contributed by atoms with E-state index >= 15 is 0 Å². The lowest BCUT2D eigenvalue weighted by Crippen LogP contribution is -2.33. The Labute approximate surface area is 127 Å². The van der Waals surface area contributed by atoms with E-state index in [1.807, 2.05) is 28.8 Å². The number of carbonyl (C=O) groups excluding carboxylic acids is 2. The van der Waals surface area contributed by atoms with Crippen LogP contribution < -0.4 is 10.7 Å². The largest absolute Gasteiger partial charge is 0.310 e. The molecule has 0 atom stereocenters. The van der Waals surface area contributed by atoms with Gasteiger partial charge in [-0.1, -0.05) is 19.1 Å². The lowest BCUT2D eigenvalue weighted by Gasteiger charge is -2.12. The average molecular weight is 299 g/mol. The van der Waals surface area contributed by atoms with E-state index in [0.717, 1.165) is 24.0 Å². The molecule has 0 radical (unpaired) electrons. The Balaban J connectivity index is 1.88. The van der Waals surface area contributed by atoms with Crippen molar-refractivity contribution in [2.75, 3.05) is 5.32 Å². The molecule has 1 aromatic heterocycles. The standard InChI is InChI=1S/C15H17N5O2/c1-2-9-20-12-6-4-3-5-10(12)16-15(20)17-14(22)11-7-8-13(21)19-18-11/h3-6H,2,7-9H2,1H3,(H,19,21)(H,16,17,22). The molecule has 0 unspecified atom stereocenters. The van der Waals surface area contributed by atoms with Crippen LogP contribution >= 0.6 is 0 Å². The first-order chi connectivity index (χ1) is 10.7. The Morgan fingerprint density at radius 3 is 2.91 bits per heavy atom. The Bertz CT molecular complexity index is 762. The molecule has 114 valence electrons. The minimum absolute atomic E-state index is 0.172. The zero-order valence-electron chi connectivity index (χ0n) is 12.3. The van der Waals surface area contributed by atoms with Crippen LogP contribution in [0.5, 0.6) is 0 Å². The molecule has 2 aromatic rings. The van der Waals surface area contributed by atoms with E-state index in [0.29, 0.717) is 18.1 Å². The Morgan fingerprint density at radius 1 is 1.36 bits per heavy atom. The van der Waals surface area contributed by atoms with E-state index < -0.39 is 0 Å². The summed E-state index contributed by atoms with van der Waals surface area (Å²) in [5.74, 6) is 0.00933. The van der Waals surface area contributed by atoms with E-state index in [1.165, 1.54) is 0 Å². The highest BCUT2D eigenvalue weighted by molar-refractivity contribution is 6.43. The summed E-state index contributed by atoms with van der Waals surface area (Å²) in [6, 6.07) is 7.75. The Hall–Kier alpha value is -2.70. The van der Waals surface area contributed by atoms with Gasteiger partial charge in [0, 0.05) is 19.4 Å². The molecule has 0 fully saturated rings. The van der Waals surface area contributed by atoms with E-state index in [9.17, 15) is 9.59 Å². The van der Waals surface area contributed by atoms with Crippen molar-refractivity contribution in [3.8, 4) is 0 Å². The molecule has 1 aromatic carbocycles. The highest BCUT2D eigenvalue weighted by atomic mass is 16.2. The predicted octanol–water partition coefficient (Wildman–Crippen LogP) is 1.65. The summed E-state index contributed by atoms with van der Waals surface area (Å²) in [4.78, 5) is 27.8. The van der Waals surface area contributed by atoms with E-state index in [-0.39, 0.29) is 18.2 Å². The number of amides is 2. The molecular formula is C15H17N5O2. The maximum absolute atomic E-state index is 12.3. The zero-order chi connectivity index (χ0) is 15.5. The van der Waals surface area contributed by atoms with Crippen molar-refractivity contribution in [1.29, 1.82) is 0 Å². The highest BCUT2D eigenvalue weighted by Gasteiger charge is 2.20. The monoisotopic (exact) mass is 299 g/mol. The van der Waals surface area contributed by atoms with Crippen LogP contribution in [0.2, 0.25) is 0 Å². The van der Waals surface area contributed by atoms with Crippen molar-refractivity contribution in [3.05, 3.63) is 24.3 Å². The van der Waals surface area contributed by atoms with Crippen molar-refractivity contribution in [2.45, 2.75) is 32.7 Å². The van der Waals surface area contributed by atoms with Gasteiger partial charge in [0.15, 0.2) is 0 Å². The van der Waals surface area contributed by atoms with E-state index in [1.54, 1.807) is 0 Å². The Kier molecular flexibility index (Phi) is 3.86. The molecule has 1 aliphatic rings. The van der Waals surface area contributed by atoms with Gasteiger partial charge in [-0.3, -0.25) is 14.9 Å². The molecule has 2 N–H and O–H groups in total. The van der Waals surface area contributed by atoms with Crippen LogP contribution in [-0.2, 0) is 16.1 Å². The topological polar surface area (TPSA) is 88.4 Å². The summed E-state index contributed by atoms with van der Waals surface area (Å²) in [5.41, 5.74) is 4.46. The number of aromatic nitrogens is 2. The van der Waals surface area contributed by atoms with Crippen molar-refractivity contribution >= 4 is 34.5 Å². The molecule has 0 saturated carbocycles. The molecule has 0 spiro atoms. The van der Waals surface area contributed by atoms with Crippen LogP contribution in [0.3, 0.4) is 0 Å². The molecule has 1 aliphatic heterocycles. The molecule has 7 heteroatoms. The van der Waals surface area contributed by atoms with Crippen LogP contribution in [-0.4, -0.2) is 27.1 Å². The van der Waals surface area contributed by atoms with Crippen molar-refractivity contribution in [1.82, 2.24) is 15.0 Å². The molecule has 22 heavy (non-hydrogen) atoms. The van der Waals surface area contributed by atoms with Gasteiger partial charge in [0.2, 0.25) is 11.9 Å². The van der Waals surface area contributed by atoms with E-state index in [4.69, 9.17) is 0 Å². The molecule has 0 aliphatic carbocycles. The fraction of sp³-hybridized carbons (Fsp3) is 0.333. The number of anilines is 1. The SMILES string of the molecule is CCCn1c(NC(=O)C2=NNC(=O)CC2)nc2ccccc21. The van der Waals surface area contributed by atoms with Gasteiger partial charge < -0.3 is 4.57 Å². The summed E-state index contributed by atoms with van der Waals surface area (Å²) >= 11 is 0. The van der Waals surface area contributed by atoms with Gasteiger partial charge in [0.1, 0.15) is 5.71 Å². The molecule has 3 rings (SSSR count). The summed E-state index contributed by atoms with van der Waals surface area (Å²) in [6.45, 7) is 2.83. The van der Waals surface area contributed by atoms with Crippen molar-refractivity contribution < 1.29 is 9.59 Å². The predicted molar refractivity (Wildman–Crippen MR) is 83.5 cm³/mol. The van der Waals surface area contributed by atoms with Crippen LogP contribution in [0.15, 0.2) is 29.4 Å². The quantitative estimate of drug-likeness (QED) is 0.899. The van der Waals surface area contributed by atoms with Crippen LogP contribution in [0, 0.1) is 0 Å². The third-order valence-corrected chi connectivity index (χ3v) is 3.49. The first-order valence-electron chi connectivity index (χ1n) is 7.31. The van der Waals surface area contributed by atoms with Crippen molar-refractivity contribution in [2.24, 2.45) is 5.10 Å². The van der Waals surface area contributed by atoms with E-state index in [2.05, 4.69) is 27.8 Å². The number of nitrogens with one attached hydrogen (secondary N) is 2. The van der Waals surface area contributed by atoms with Crippen LogP contribution in [0.4, 0.5) is 5.95 Å². The second-order valence-corrected chi connectivity index (χ2v) is 5.12. The number of rotatable bonds is 4. The molecule has 7 nitrogen and oxygen atoms in total. The number of hydrogen-bond acceptors (Lipinski definition) is 4. The number of aryl methyl sites for hydroxylation is 1. The molecule has 0 bridgehead atoms. The number of carbonyl (C=O) groups is 2. The molecular weight excluding hydrogens is 282 g/mol. The second-order valence-electron chi connectivity index (χ2n) is 5.12. The van der Waals surface area contributed by atoms with Gasteiger partial charge in [0.25, 0.3) is 5.91 Å². The third kappa shape index (κ3) is 2.69. The van der Waals surface area contributed by atoms with Gasteiger partial charge in [-0.05, 0) is 18.6 Å². The summed E-state index contributed by atoms with van der Waals surface area (Å²) in [5, 5.41) is 6.60. The smallest absolute Gasteiger partial charge is 0.274 e. The number of hydrazone groups is 1. The number of imidazole rings is 1. The molecule has 2 heterocycles. The fourth-order valence-electron chi connectivity index (χ4n) is 2.43. The lowest BCUT2D eigenvalue weighted by atomic mass is 10.2. The highest BCUT2D eigenvalue weighted by Crippen LogP contribution is 2.20. The summed E-state index contributed by atoms with van der Waals surface area (Å²) in [6.07, 6.45) is 1.55. The van der Waals surface area contributed by atoms with Gasteiger partial charge in [-0.15, -0.1) is 0 Å². The molecule has 0 saturated heterocycles. The Morgan fingerprint density at radius 2 is 2.18 bits per heavy atom. The van der Waals surface area contributed by atoms with Gasteiger partial charge in [-0.25, -0.2) is 10.4 Å². The number of para-hydroxylation sites is 2. The minimum Gasteiger partial charge on any atom is -0.310 e. The molecule has 2 amide bonds. The number of benzene rings is 1. The van der Waals surface area contributed by atoms with Crippen LogP contribution in [0.25, 0.3) is 11.0 Å². The number of fused-ring (bicyclic) bond motifs is 1. The van der Waals surface area contributed by atoms with Crippen LogP contribution in [0.1, 0.15) is 26.2 Å². The maximum atomic E-state index is 12.3. The third-order valence-electron chi connectivity index (χ3n) is 3.49. The minimum atomic E-state index is -0.326. The fourth-order valence-corrected chi connectivity index (χ4v) is 2.43. The second kappa shape index (κ2) is 5.97. The normalized spacial score (nSPS) is 14.6. The van der Waals surface area contributed by atoms with Gasteiger partial charge in [0.05, 0.1) is 11.0 Å². The first-order valence-corrected chi connectivity index (χ1v) is 7.31. The summed E-state index contributed by atoms with van der Waals surface area (Å²) < 4.78 is 1.98. The zero-order valence-corrected chi connectivity index (χ0v) is 12.3.